The van der Waals surface area contributed by atoms with Crippen LogP contribution in [-0.2, 0) is 4.79 Å². The molecule has 0 amide bonds. The standard InChI is InChI=1S/C24H25F3O4/c1-14(23(28)29)22(15-8-9-15)17-5-3-6-19(11-17)30-13-18-12-21(18)16-4-2-7-20(10-16)31-24(25,26)27/h2-7,10-11,14-15,18,21-22H,8-9,12-13H2,1H3,(H,28,29)/t14-,18+,21+,22-/m0/s1. The van der Waals surface area contributed by atoms with E-state index in [2.05, 4.69) is 4.74 Å². The van der Waals surface area contributed by atoms with Crippen LogP contribution in [0.2, 0.25) is 0 Å². The monoisotopic (exact) mass is 434 g/mol. The molecule has 0 spiro atoms. The molecule has 2 fully saturated rings. The number of hydrogen-bond acceptors (Lipinski definition) is 3. The van der Waals surface area contributed by atoms with Gasteiger partial charge in [-0.15, -0.1) is 13.2 Å². The van der Waals surface area contributed by atoms with Gasteiger partial charge in [-0.3, -0.25) is 4.79 Å². The summed E-state index contributed by atoms with van der Waals surface area (Å²) in [5, 5.41) is 9.46. The summed E-state index contributed by atoms with van der Waals surface area (Å²) in [7, 11) is 0. The summed E-state index contributed by atoms with van der Waals surface area (Å²) in [4.78, 5) is 11.5. The number of aliphatic carboxylic acids is 1. The maximum absolute atomic E-state index is 12.4. The van der Waals surface area contributed by atoms with Crippen LogP contribution in [0.15, 0.2) is 48.5 Å². The average Bonchev–Trinajstić information content (AvgIpc) is 3.61. The molecular formula is C24H25F3O4. The number of carboxylic acid groups (broad SMARTS) is 1. The molecule has 0 radical (unpaired) electrons. The van der Waals surface area contributed by atoms with Crippen LogP contribution in [0.4, 0.5) is 13.2 Å². The van der Waals surface area contributed by atoms with Crippen LogP contribution in [-0.4, -0.2) is 24.0 Å². The highest BCUT2D eigenvalue weighted by Gasteiger charge is 2.40. The molecule has 7 heteroatoms. The fourth-order valence-electron chi connectivity index (χ4n) is 4.38. The van der Waals surface area contributed by atoms with E-state index >= 15 is 0 Å². The Labute approximate surface area is 179 Å². The highest BCUT2D eigenvalue weighted by Crippen LogP contribution is 2.49. The molecule has 1 N–H and O–H groups in total. The van der Waals surface area contributed by atoms with Crippen LogP contribution < -0.4 is 9.47 Å². The first-order chi connectivity index (χ1) is 14.7. The lowest BCUT2D eigenvalue weighted by Gasteiger charge is -2.21. The van der Waals surface area contributed by atoms with E-state index in [1.807, 2.05) is 30.3 Å². The Kier molecular flexibility index (Phi) is 5.86. The third-order valence-corrected chi connectivity index (χ3v) is 6.21. The second-order valence-electron chi connectivity index (χ2n) is 8.60. The molecule has 2 aromatic rings. The van der Waals surface area contributed by atoms with Crippen LogP contribution in [0.5, 0.6) is 11.5 Å². The van der Waals surface area contributed by atoms with Crippen molar-refractivity contribution >= 4 is 5.97 Å². The van der Waals surface area contributed by atoms with E-state index < -0.39 is 18.2 Å². The number of carboxylic acids is 1. The van der Waals surface area contributed by atoms with Crippen molar-refractivity contribution in [2.45, 2.75) is 44.4 Å². The first-order valence-corrected chi connectivity index (χ1v) is 10.5. The van der Waals surface area contributed by atoms with E-state index in [0.717, 1.165) is 30.4 Å². The third-order valence-electron chi connectivity index (χ3n) is 6.21. The minimum absolute atomic E-state index is 0.0221. The van der Waals surface area contributed by atoms with Gasteiger partial charge >= 0.3 is 12.3 Å². The van der Waals surface area contributed by atoms with E-state index in [4.69, 9.17) is 4.74 Å². The van der Waals surface area contributed by atoms with Gasteiger partial charge in [0, 0.05) is 5.92 Å². The number of halogens is 3. The van der Waals surface area contributed by atoms with Gasteiger partial charge in [-0.05, 0) is 72.4 Å². The van der Waals surface area contributed by atoms with E-state index in [1.54, 1.807) is 13.0 Å². The van der Waals surface area contributed by atoms with Crippen molar-refractivity contribution < 1.29 is 32.5 Å². The molecule has 2 saturated carbocycles. The molecule has 2 aliphatic carbocycles. The summed E-state index contributed by atoms with van der Waals surface area (Å²) in [6, 6.07) is 13.7. The smallest absolute Gasteiger partial charge is 0.493 e. The Morgan fingerprint density at radius 1 is 1.13 bits per heavy atom. The Balaban J connectivity index is 1.36. The summed E-state index contributed by atoms with van der Waals surface area (Å²) in [6.45, 7) is 2.21. The largest absolute Gasteiger partial charge is 0.573 e. The molecule has 31 heavy (non-hydrogen) atoms. The third kappa shape index (κ3) is 5.51. The van der Waals surface area contributed by atoms with E-state index in [0.29, 0.717) is 18.3 Å². The van der Waals surface area contributed by atoms with Gasteiger partial charge < -0.3 is 14.6 Å². The zero-order valence-electron chi connectivity index (χ0n) is 17.1. The summed E-state index contributed by atoms with van der Waals surface area (Å²) < 4.78 is 47.3. The number of alkyl halides is 3. The summed E-state index contributed by atoms with van der Waals surface area (Å²) >= 11 is 0. The molecule has 166 valence electrons. The topological polar surface area (TPSA) is 55.8 Å². The Morgan fingerprint density at radius 2 is 1.84 bits per heavy atom. The highest BCUT2D eigenvalue weighted by molar-refractivity contribution is 5.71. The molecule has 2 aromatic carbocycles. The molecule has 0 bridgehead atoms. The lowest BCUT2D eigenvalue weighted by atomic mass is 9.83. The molecular weight excluding hydrogens is 409 g/mol. The summed E-state index contributed by atoms with van der Waals surface area (Å²) in [6.07, 6.45) is -1.76. The summed E-state index contributed by atoms with van der Waals surface area (Å²) in [5.41, 5.74) is 1.80. The molecule has 2 aliphatic rings. The van der Waals surface area contributed by atoms with Gasteiger partial charge in [-0.2, -0.15) is 0 Å². The first-order valence-electron chi connectivity index (χ1n) is 10.5. The number of ether oxygens (including phenoxy) is 2. The van der Waals surface area contributed by atoms with E-state index in [9.17, 15) is 23.1 Å². The molecule has 0 heterocycles. The van der Waals surface area contributed by atoms with Crippen molar-refractivity contribution in [3.05, 3.63) is 59.7 Å². The van der Waals surface area contributed by atoms with Crippen molar-refractivity contribution in [1.29, 1.82) is 0 Å². The van der Waals surface area contributed by atoms with Crippen LogP contribution >= 0.6 is 0 Å². The molecule has 4 atom stereocenters. The first kappa shape index (κ1) is 21.5. The van der Waals surface area contributed by atoms with Crippen LogP contribution in [0.25, 0.3) is 0 Å². The van der Waals surface area contributed by atoms with Gasteiger partial charge in [0.25, 0.3) is 0 Å². The average molecular weight is 434 g/mol. The van der Waals surface area contributed by atoms with Crippen molar-refractivity contribution in [1.82, 2.24) is 0 Å². The quantitative estimate of drug-likeness (QED) is 0.527. The van der Waals surface area contributed by atoms with Gasteiger partial charge in [0.1, 0.15) is 11.5 Å². The van der Waals surface area contributed by atoms with Gasteiger partial charge in [0.2, 0.25) is 0 Å². The predicted molar refractivity (Wildman–Crippen MR) is 108 cm³/mol. The number of benzene rings is 2. The molecule has 0 aliphatic heterocycles. The van der Waals surface area contributed by atoms with Crippen LogP contribution in [0.3, 0.4) is 0 Å². The summed E-state index contributed by atoms with van der Waals surface area (Å²) in [5.74, 6) is -0.00866. The second-order valence-corrected chi connectivity index (χ2v) is 8.60. The second kappa shape index (κ2) is 8.44. The van der Waals surface area contributed by atoms with Gasteiger partial charge in [0.05, 0.1) is 12.5 Å². The van der Waals surface area contributed by atoms with Crippen molar-refractivity contribution in [3.8, 4) is 11.5 Å². The Bertz CT molecular complexity index is 938. The molecule has 0 unspecified atom stereocenters. The van der Waals surface area contributed by atoms with Crippen molar-refractivity contribution in [3.63, 3.8) is 0 Å². The predicted octanol–water partition coefficient (Wildman–Crippen LogP) is 5.98. The van der Waals surface area contributed by atoms with Crippen molar-refractivity contribution in [2.75, 3.05) is 6.61 Å². The van der Waals surface area contributed by atoms with E-state index in [1.165, 1.54) is 12.1 Å². The van der Waals surface area contributed by atoms with Gasteiger partial charge in [-0.1, -0.05) is 31.2 Å². The number of rotatable bonds is 9. The van der Waals surface area contributed by atoms with Gasteiger partial charge in [0.15, 0.2) is 0 Å². The Morgan fingerprint density at radius 3 is 2.52 bits per heavy atom. The lowest BCUT2D eigenvalue weighted by Crippen LogP contribution is -2.20. The molecule has 0 saturated heterocycles. The van der Waals surface area contributed by atoms with Crippen LogP contribution in [0, 0.1) is 17.8 Å². The maximum Gasteiger partial charge on any atom is 0.573 e. The van der Waals surface area contributed by atoms with Crippen LogP contribution in [0.1, 0.15) is 49.1 Å². The lowest BCUT2D eigenvalue weighted by molar-refractivity contribution is -0.274. The number of carbonyl (C=O) groups is 1. The number of hydrogen-bond donors (Lipinski definition) is 1. The fourth-order valence-corrected chi connectivity index (χ4v) is 4.38. The zero-order chi connectivity index (χ0) is 22.2. The van der Waals surface area contributed by atoms with Crippen molar-refractivity contribution in [2.24, 2.45) is 17.8 Å². The normalized spacial score (nSPS) is 22.5. The minimum atomic E-state index is -4.70. The SMILES string of the molecule is C[C@H](C(=O)O)[C@H](c1cccc(OC[C@H]2C[C@@H]2c2cccc(OC(F)(F)F)c2)c1)C1CC1. The Hall–Kier alpha value is -2.70. The maximum atomic E-state index is 12.4. The highest BCUT2D eigenvalue weighted by atomic mass is 19.4. The zero-order valence-corrected chi connectivity index (χ0v) is 17.1. The van der Waals surface area contributed by atoms with Gasteiger partial charge in [-0.25, -0.2) is 0 Å². The fraction of sp³-hybridized carbons (Fsp3) is 0.458. The van der Waals surface area contributed by atoms with E-state index in [-0.39, 0.29) is 23.5 Å². The molecule has 4 rings (SSSR count). The minimum Gasteiger partial charge on any atom is -0.493 e. The molecule has 0 aromatic heterocycles. The molecule has 4 nitrogen and oxygen atoms in total.